The van der Waals surface area contributed by atoms with Crippen LogP contribution in [0.5, 0.6) is 0 Å². The molecule has 0 aromatic carbocycles. The molecule has 1 atom stereocenters. The quantitative estimate of drug-likeness (QED) is 0.945. The first kappa shape index (κ1) is 14.4. The van der Waals surface area contributed by atoms with Crippen LogP contribution in [0.15, 0.2) is 18.5 Å². The van der Waals surface area contributed by atoms with Crippen LogP contribution in [0.25, 0.3) is 0 Å². The molecule has 0 fully saturated rings. The highest BCUT2D eigenvalue weighted by molar-refractivity contribution is 7.05. The van der Waals surface area contributed by atoms with Crippen LogP contribution >= 0.6 is 23.1 Å². The lowest BCUT2D eigenvalue weighted by molar-refractivity contribution is 0.550. The Labute approximate surface area is 122 Å². The fourth-order valence-corrected chi connectivity index (χ4v) is 2.92. The molecule has 0 bridgehead atoms. The summed E-state index contributed by atoms with van der Waals surface area (Å²) in [5.41, 5.74) is 8.20. The van der Waals surface area contributed by atoms with E-state index in [1.54, 1.807) is 12.4 Å². The van der Waals surface area contributed by atoms with Crippen LogP contribution in [-0.2, 0) is 11.8 Å². The number of aromatic nitrogens is 3. The molecule has 0 saturated carbocycles. The van der Waals surface area contributed by atoms with Crippen LogP contribution in [0.1, 0.15) is 42.9 Å². The molecule has 0 spiro atoms. The summed E-state index contributed by atoms with van der Waals surface area (Å²) in [5, 5.41) is 4.86. The van der Waals surface area contributed by atoms with Crippen molar-refractivity contribution < 1.29 is 0 Å². The van der Waals surface area contributed by atoms with Crippen molar-refractivity contribution in [1.29, 1.82) is 0 Å². The molecule has 1 unspecified atom stereocenters. The summed E-state index contributed by atoms with van der Waals surface area (Å²) in [6.45, 7) is 6.33. The zero-order valence-electron chi connectivity index (χ0n) is 11.2. The van der Waals surface area contributed by atoms with E-state index >= 15 is 0 Å². The zero-order chi connectivity index (χ0) is 14.0. The Hall–Kier alpha value is -1.04. The van der Waals surface area contributed by atoms with E-state index < -0.39 is 0 Å². The van der Waals surface area contributed by atoms with E-state index in [1.165, 1.54) is 11.5 Å². The molecular weight excluding hydrogens is 280 g/mol. The maximum absolute atomic E-state index is 6.29. The van der Waals surface area contributed by atoms with Gasteiger partial charge in [-0.15, -0.1) is 5.10 Å². The number of nitrogens with two attached hydrogens (primary N) is 1. The fourth-order valence-electron chi connectivity index (χ4n) is 1.86. The van der Waals surface area contributed by atoms with E-state index in [9.17, 15) is 0 Å². The van der Waals surface area contributed by atoms with Gasteiger partial charge >= 0.3 is 0 Å². The largest absolute Gasteiger partial charge is 0.323 e. The van der Waals surface area contributed by atoms with Gasteiger partial charge in [-0.1, -0.05) is 36.9 Å². The highest BCUT2D eigenvalue weighted by Gasteiger charge is 2.25. The molecule has 0 aliphatic heterocycles. The van der Waals surface area contributed by atoms with Gasteiger partial charge in [0.1, 0.15) is 0 Å². The van der Waals surface area contributed by atoms with Gasteiger partial charge in [-0.2, -0.15) is 0 Å². The van der Waals surface area contributed by atoms with Crippen molar-refractivity contribution in [3.05, 3.63) is 39.6 Å². The Bertz CT molecular complexity index is 562. The standard InChI is InChI=1S/C13H17ClN4S/c1-13(2,3)12-11(19-18-17-12)10(15)6-8-4-5-16-7-9(8)14/h4-5,7,10H,6,15H2,1-3H3. The molecule has 0 aliphatic rings. The third-order valence-corrected chi connectivity index (χ3v) is 4.05. The molecule has 19 heavy (non-hydrogen) atoms. The summed E-state index contributed by atoms with van der Waals surface area (Å²) >= 11 is 7.48. The van der Waals surface area contributed by atoms with Gasteiger partial charge in [-0.05, 0) is 29.6 Å². The fraction of sp³-hybridized carbons (Fsp3) is 0.462. The summed E-state index contributed by atoms with van der Waals surface area (Å²) in [5.74, 6) is 0. The Kier molecular flexibility index (Phi) is 4.18. The van der Waals surface area contributed by atoms with Crippen molar-refractivity contribution in [2.24, 2.45) is 5.73 Å². The van der Waals surface area contributed by atoms with Crippen molar-refractivity contribution in [3.8, 4) is 0 Å². The van der Waals surface area contributed by atoms with Crippen molar-refractivity contribution in [2.45, 2.75) is 38.6 Å². The first-order valence-electron chi connectivity index (χ1n) is 6.06. The SMILES string of the molecule is CC(C)(C)c1nnsc1C(N)Cc1ccncc1Cl. The number of hydrogen-bond acceptors (Lipinski definition) is 5. The van der Waals surface area contributed by atoms with Gasteiger partial charge in [0.15, 0.2) is 0 Å². The van der Waals surface area contributed by atoms with E-state index in [0.29, 0.717) is 11.4 Å². The topological polar surface area (TPSA) is 64.7 Å². The minimum absolute atomic E-state index is 0.0536. The van der Waals surface area contributed by atoms with E-state index in [2.05, 4.69) is 35.3 Å². The van der Waals surface area contributed by atoms with E-state index in [1.807, 2.05) is 6.07 Å². The Morgan fingerprint density at radius 3 is 2.79 bits per heavy atom. The second-order valence-electron chi connectivity index (χ2n) is 5.51. The van der Waals surface area contributed by atoms with Gasteiger partial charge in [-0.25, -0.2) is 0 Å². The van der Waals surface area contributed by atoms with Gasteiger partial charge in [-0.3, -0.25) is 4.98 Å². The van der Waals surface area contributed by atoms with Crippen molar-refractivity contribution in [3.63, 3.8) is 0 Å². The van der Waals surface area contributed by atoms with Crippen molar-refractivity contribution in [2.75, 3.05) is 0 Å². The molecule has 0 radical (unpaired) electrons. The summed E-state index contributed by atoms with van der Waals surface area (Å²) in [6.07, 6.45) is 4.02. The van der Waals surface area contributed by atoms with Crippen LogP contribution in [0, 0.1) is 0 Å². The molecule has 4 nitrogen and oxygen atoms in total. The van der Waals surface area contributed by atoms with Gasteiger partial charge < -0.3 is 5.73 Å². The van der Waals surface area contributed by atoms with E-state index in [-0.39, 0.29) is 11.5 Å². The van der Waals surface area contributed by atoms with Crippen LogP contribution in [0.4, 0.5) is 0 Å². The van der Waals surface area contributed by atoms with Gasteiger partial charge in [0, 0.05) is 23.9 Å². The summed E-state index contributed by atoms with van der Waals surface area (Å²) in [6, 6.07) is 1.75. The third-order valence-electron chi connectivity index (χ3n) is 2.86. The van der Waals surface area contributed by atoms with Crippen LogP contribution in [-0.4, -0.2) is 14.6 Å². The molecule has 0 saturated heterocycles. The lowest BCUT2D eigenvalue weighted by atomic mass is 9.89. The number of rotatable bonds is 3. The van der Waals surface area contributed by atoms with Crippen molar-refractivity contribution >= 4 is 23.1 Å². The second-order valence-corrected chi connectivity index (χ2v) is 6.71. The van der Waals surface area contributed by atoms with Gasteiger partial charge in [0.25, 0.3) is 0 Å². The highest BCUT2D eigenvalue weighted by atomic mass is 35.5. The van der Waals surface area contributed by atoms with Crippen LogP contribution in [0.2, 0.25) is 5.02 Å². The number of nitrogens with zero attached hydrogens (tertiary/aromatic N) is 3. The maximum atomic E-state index is 6.29. The number of pyridine rings is 1. The molecule has 2 heterocycles. The van der Waals surface area contributed by atoms with E-state index in [0.717, 1.165) is 16.1 Å². The smallest absolute Gasteiger partial charge is 0.0857 e. The molecule has 102 valence electrons. The molecule has 0 aliphatic carbocycles. The molecule has 6 heteroatoms. The summed E-state index contributed by atoms with van der Waals surface area (Å²) in [4.78, 5) is 5.01. The predicted octanol–water partition coefficient (Wildman–Crippen LogP) is 3.13. The van der Waals surface area contributed by atoms with Gasteiger partial charge in [0.2, 0.25) is 0 Å². The maximum Gasteiger partial charge on any atom is 0.0857 e. The Morgan fingerprint density at radius 2 is 2.16 bits per heavy atom. The minimum Gasteiger partial charge on any atom is -0.323 e. The Morgan fingerprint density at radius 1 is 1.42 bits per heavy atom. The molecule has 2 aromatic rings. The molecule has 0 amide bonds. The lowest BCUT2D eigenvalue weighted by Gasteiger charge is -2.19. The highest BCUT2D eigenvalue weighted by Crippen LogP contribution is 2.31. The van der Waals surface area contributed by atoms with Crippen molar-refractivity contribution in [1.82, 2.24) is 14.6 Å². The summed E-state index contributed by atoms with van der Waals surface area (Å²) in [7, 11) is 0. The second kappa shape index (κ2) is 5.53. The average Bonchev–Trinajstić information content (AvgIpc) is 2.81. The molecule has 2 N–H and O–H groups in total. The predicted molar refractivity (Wildman–Crippen MR) is 78.5 cm³/mol. The minimum atomic E-state index is -0.144. The number of halogens is 1. The molecule has 2 aromatic heterocycles. The van der Waals surface area contributed by atoms with Gasteiger partial charge in [0.05, 0.1) is 15.6 Å². The molecule has 2 rings (SSSR count). The Balaban J connectivity index is 2.24. The van der Waals surface area contributed by atoms with Crippen LogP contribution < -0.4 is 5.73 Å². The van der Waals surface area contributed by atoms with E-state index in [4.69, 9.17) is 17.3 Å². The third kappa shape index (κ3) is 3.29. The first-order chi connectivity index (χ1) is 8.89. The average molecular weight is 297 g/mol. The lowest BCUT2D eigenvalue weighted by Crippen LogP contribution is -2.20. The van der Waals surface area contributed by atoms with Crippen LogP contribution in [0.3, 0.4) is 0 Å². The zero-order valence-corrected chi connectivity index (χ0v) is 12.8. The molecular formula is C13H17ClN4S. The normalized spacial score (nSPS) is 13.5. The number of hydrogen-bond donors (Lipinski definition) is 1. The summed E-state index contributed by atoms with van der Waals surface area (Å²) < 4.78 is 4.04. The monoisotopic (exact) mass is 296 g/mol. The first-order valence-corrected chi connectivity index (χ1v) is 7.21.